The van der Waals surface area contributed by atoms with Crippen molar-refractivity contribution in [3.8, 4) is 11.3 Å². The number of halogens is 1. The van der Waals surface area contributed by atoms with Crippen LogP contribution in [0.1, 0.15) is 0 Å². The van der Waals surface area contributed by atoms with Crippen LogP contribution < -0.4 is 4.90 Å². The number of aliphatic imine (C=N–C) groups is 1. The highest BCUT2D eigenvalue weighted by atomic mass is 35.5. The van der Waals surface area contributed by atoms with Crippen LogP contribution in [0.4, 0.5) is 5.69 Å². The first-order valence-electron chi connectivity index (χ1n) is 6.00. The van der Waals surface area contributed by atoms with Crippen molar-refractivity contribution in [1.29, 1.82) is 0 Å². The zero-order chi connectivity index (χ0) is 13.1. The number of aromatic nitrogens is 1. The topological polar surface area (TPSA) is 28.5 Å². The van der Waals surface area contributed by atoms with E-state index in [0.717, 1.165) is 16.9 Å². The van der Waals surface area contributed by atoms with Gasteiger partial charge in [-0.1, -0.05) is 29.8 Å². The summed E-state index contributed by atoms with van der Waals surface area (Å²) in [6.45, 7) is 0.612. The molecule has 0 unspecified atom stereocenters. The Hall–Kier alpha value is -2.13. The van der Waals surface area contributed by atoms with Crippen LogP contribution in [-0.2, 0) is 0 Å². The Morgan fingerprint density at radius 2 is 1.89 bits per heavy atom. The molecule has 1 aromatic carbocycles. The van der Waals surface area contributed by atoms with Crippen molar-refractivity contribution in [2.24, 2.45) is 4.99 Å². The molecule has 2 heterocycles. The Morgan fingerprint density at radius 1 is 1.05 bits per heavy atom. The molecular formula is C15H12ClN3. The van der Waals surface area contributed by atoms with Crippen molar-refractivity contribution in [2.75, 3.05) is 11.4 Å². The summed E-state index contributed by atoms with van der Waals surface area (Å²) in [7, 11) is 0. The van der Waals surface area contributed by atoms with Crippen LogP contribution in [0.25, 0.3) is 11.3 Å². The molecule has 2 aromatic rings. The van der Waals surface area contributed by atoms with Gasteiger partial charge in [-0.25, -0.2) is 4.99 Å². The van der Waals surface area contributed by atoms with Crippen molar-refractivity contribution in [1.82, 2.24) is 4.98 Å². The van der Waals surface area contributed by atoms with Crippen LogP contribution in [-0.4, -0.2) is 16.7 Å². The van der Waals surface area contributed by atoms with Crippen molar-refractivity contribution in [3.05, 3.63) is 61.1 Å². The number of nitrogens with zero attached hydrogens (tertiary/aromatic N) is 3. The van der Waals surface area contributed by atoms with Crippen molar-refractivity contribution in [2.45, 2.75) is 0 Å². The highest BCUT2D eigenvalue weighted by molar-refractivity contribution is 6.66. The fourth-order valence-electron chi connectivity index (χ4n) is 1.96. The van der Waals surface area contributed by atoms with E-state index in [1.165, 1.54) is 0 Å². The first kappa shape index (κ1) is 11.9. The fourth-order valence-corrected chi connectivity index (χ4v) is 2.15. The van der Waals surface area contributed by atoms with Crippen LogP contribution in [0.3, 0.4) is 0 Å². The highest BCUT2D eigenvalue weighted by Crippen LogP contribution is 2.22. The number of rotatable bonds is 2. The first-order chi connectivity index (χ1) is 9.33. The van der Waals surface area contributed by atoms with Gasteiger partial charge in [-0.05, 0) is 24.3 Å². The summed E-state index contributed by atoms with van der Waals surface area (Å²) >= 11 is 5.94. The van der Waals surface area contributed by atoms with Gasteiger partial charge in [-0.15, -0.1) is 0 Å². The smallest absolute Gasteiger partial charge is 0.125 e. The molecule has 0 fully saturated rings. The normalized spacial score (nSPS) is 14.4. The van der Waals surface area contributed by atoms with Gasteiger partial charge < -0.3 is 4.90 Å². The van der Waals surface area contributed by atoms with E-state index in [0.29, 0.717) is 11.7 Å². The minimum Gasteiger partial charge on any atom is -0.339 e. The largest absolute Gasteiger partial charge is 0.339 e. The summed E-state index contributed by atoms with van der Waals surface area (Å²) in [5, 5.41) is 0.594. The van der Waals surface area contributed by atoms with Crippen molar-refractivity contribution in [3.63, 3.8) is 0 Å². The van der Waals surface area contributed by atoms with Crippen LogP contribution >= 0.6 is 11.6 Å². The number of hydrogen-bond acceptors (Lipinski definition) is 3. The van der Waals surface area contributed by atoms with Gasteiger partial charge >= 0.3 is 0 Å². The molecule has 3 nitrogen and oxygen atoms in total. The number of hydrogen-bond donors (Lipinski definition) is 0. The van der Waals surface area contributed by atoms with Crippen LogP contribution in [0.2, 0.25) is 0 Å². The lowest BCUT2D eigenvalue weighted by Crippen LogP contribution is -2.23. The number of anilines is 1. The average Bonchev–Trinajstić information content (AvgIpc) is 2.48. The van der Waals surface area contributed by atoms with Crippen LogP contribution in [0, 0.1) is 0 Å². The molecule has 0 bridgehead atoms. The molecule has 19 heavy (non-hydrogen) atoms. The summed E-state index contributed by atoms with van der Waals surface area (Å²) in [6, 6.07) is 14.1. The van der Waals surface area contributed by atoms with Gasteiger partial charge in [-0.2, -0.15) is 0 Å². The number of benzene rings is 1. The SMILES string of the molecule is ClC1=NC=CN(c2ccc(-c3ccccn3)cc2)C1. The molecule has 0 amide bonds. The Bertz CT molecular complexity index is 618. The van der Waals surface area contributed by atoms with E-state index in [4.69, 9.17) is 11.6 Å². The third-order valence-corrected chi connectivity index (χ3v) is 3.14. The van der Waals surface area contributed by atoms with E-state index in [2.05, 4.69) is 39.1 Å². The van der Waals surface area contributed by atoms with Crippen molar-refractivity contribution < 1.29 is 0 Å². The Kier molecular flexibility index (Phi) is 3.29. The second-order valence-electron chi connectivity index (χ2n) is 4.19. The van der Waals surface area contributed by atoms with Crippen molar-refractivity contribution >= 4 is 22.5 Å². The standard InChI is InChI=1S/C15H12ClN3/c16-15-11-19(10-9-18-15)13-6-4-12(5-7-13)14-3-1-2-8-17-14/h1-10H,11H2. The second-order valence-corrected chi connectivity index (χ2v) is 4.63. The molecule has 3 rings (SSSR count). The molecular weight excluding hydrogens is 258 g/mol. The Morgan fingerprint density at radius 3 is 2.58 bits per heavy atom. The molecule has 4 heteroatoms. The molecule has 0 saturated carbocycles. The molecule has 1 aromatic heterocycles. The minimum absolute atomic E-state index is 0.594. The molecule has 0 atom stereocenters. The molecule has 0 spiro atoms. The monoisotopic (exact) mass is 269 g/mol. The average molecular weight is 270 g/mol. The summed E-state index contributed by atoms with van der Waals surface area (Å²) in [5.41, 5.74) is 3.16. The van der Waals surface area contributed by atoms with Gasteiger partial charge in [0.15, 0.2) is 0 Å². The van der Waals surface area contributed by atoms with Gasteiger partial charge in [0.2, 0.25) is 0 Å². The zero-order valence-corrected chi connectivity index (χ0v) is 11.0. The van der Waals surface area contributed by atoms with Gasteiger partial charge in [-0.3, -0.25) is 4.98 Å². The second kappa shape index (κ2) is 5.24. The molecule has 0 aliphatic carbocycles. The van der Waals surface area contributed by atoms with Gasteiger partial charge in [0.05, 0.1) is 12.2 Å². The molecule has 0 radical (unpaired) electrons. The van der Waals surface area contributed by atoms with E-state index in [9.17, 15) is 0 Å². The third-order valence-electron chi connectivity index (χ3n) is 2.92. The van der Waals surface area contributed by atoms with E-state index in [1.807, 2.05) is 24.4 Å². The lowest BCUT2D eigenvalue weighted by atomic mass is 10.1. The first-order valence-corrected chi connectivity index (χ1v) is 6.38. The van der Waals surface area contributed by atoms with E-state index in [-0.39, 0.29) is 0 Å². The maximum Gasteiger partial charge on any atom is 0.125 e. The summed E-state index contributed by atoms with van der Waals surface area (Å²) < 4.78 is 0. The van der Waals surface area contributed by atoms with E-state index in [1.54, 1.807) is 12.4 Å². The quantitative estimate of drug-likeness (QED) is 0.832. The minimum atomic E-state index is 0.594. The van der Waals surface area contributed by atoms with E-state index >= 15 is 0 Å². The van der Waals surface area contributed by atoms with Gasteiger partial charge in [0.1, 0.15) is 5.17 Å². The maximum absolute atomic E-state index is 5.94. The lowest BCUT2D eigenvalue weighted by molar-refractivity contribution is 1.10. The molecule has 0 saturated heterocycles. The Labute approximate surface area is 116 Å². The maximum atomic E-state index is 5.94. The van der Waals surface area contributed by atoms with Gasteiger partial charge in [0, 0.05) is 29.8 Å². The third kappa shape index (κ3) is 2.66. The predicted octanol–water partition coefficient (Wildman–Crippen LogP) is 3.68. The fraction of sp³-hybridized carbons (Fsp3) is 0.0667. The van der Waals surface area contributed by atoms with Crippen LogP contribution in [0.5, 0.6) is 0 Å². The molecule has 1 aliphatic heterocycles. The van der Waals surface area contributed by atoms with Crippen LogP contribution in [0.15, 0.2) is 66.1 Å². The zero-order valence-electron chi connectivity index (χ0n) is 10.2. The molecule has 94 valence electrons. The lowest BCUT2D eigenvalue weighted by Gasteiger charge is -2.21. The number of pyridine rings is 1. The Balaban J connectivity index is 1.84. The molecule has 1 aliphatic rings. The van der Waals surface area contributed by atoms with E-state index < -0.39 is 0 Å². The summed E-state index contributed by atoms with van der Waals surface area (Å²) in [6.07, 6.45) is 5.42. The molecule has 0 N–H and O–H groups in total. The highest BCUT2D eigenvalue weighted by Gasteiger charge is 2.09. The summed E-state index contributed by atoms with van der Waals surface area (Å²) in [5.74, 6) is 0. The summed E-state index contributed by atoms with van der Waals surface area (Å²) in [4.78, 5) is 10.4. The van der Waals surface area contributed by atoms with Gasteiger partial charge in [0.25, 0.3) is 0 Å². The predicted molar refractivity (Wildman–Crippen MR) is 79.4 cm³/mol.